The highest BCUT2D eigenvalue weighted by Gasteiger charge is 2.26. The second-order valence-corrected chi connectivity index (χ2v) is 3.96. The van der Waals surface area contributed by atoms with Crippen molar-refractivity contribution in [1.82, 2.24) is 0 Å². The van der Waals surface area contributed by atoms with E-state index < -0.39 is 28.7 Å². The Kier molecular flexibility index (Phi) is 4.54. The summed E-state index contributed by atoms with van der Waals surface area (Å²) in [6, 6.07) is 1.13. The van der Waals surface area contributed by atoms with E-state index in [0.717, 1.165) is 6.07 Å². The molecule has 9 heteroatoms. The Balaban J connectivity index is 3.50. The van der Waals surface area contributed by atoms with E-state index in [1.165, 1.54) is 6.92 Å². The van der Waals surface area contributed by atoms with Crippen molar-refractivity contribution in [2.24, 2.45) is 0 Å². The number of carbonyl (C=O) groups excluding carboxylic acids is 1. The van der Waals surface area contributed by atoms with Gasteiger partial charge in [-0.2, -0.15) is 8.78 Å². The van der Waals surface area contributed by atoms with Crippen LogP contribution in [0, 0.1) is 17.0 Å². The van der Waals surface area contributed by atoms with Crippen LogP contribution in [0.2, 0.25) is 0 Å². The zero-order chi connectivity index (χ0) is 13.9. The molecular formula is C9H7BrF2N2O4. The van der Waals surface area contributed by atoms with E-state index in [1.54, 1.807) is 0 Å². The number of halogens is 3. The van der Waals surface area contributed by atoms with Gasteiger partial charge in [0.05, 0.1) is 4.92 Å². The van der Waals surface area contributed by atoms with E-state index in [0.29, 0.717) is 0 Å². The Morgan fingerprint density at radius 3 is 2.67 bits per heavy atom. The van der Waals surface area contributed by atoms with Crippen molar-refractivity contribution in [3.63, 3.8) is 0 Å². The number of anilines is 1. The maximum atomic E-state index is 12.2. The Bertz CT molecular complexity index is 496. The number of benzene rings is 1. The van der Waals surface area contributed by atoms with Crippen LogP contribution < -0.4 is 10.1 Å². The monoisotopic (exact) mass is 324 g/mol. The topological polar surface area (TPSA) is 81.5 Å². The lowest BCUT2D eigenvalue weighted by molar-refractivity contribution is -0.384. The van der Waals surface area contributed by atoms with E-state index in [4.69, 9.17) is 0 Å². The van der Waals surface area contributed by atoms with Crippen molar-refractivity contribution in [3.8, 4) is 5.75 Å². The van der Waals surface area contributed by atoms with Gasteiger partial charge in [-0.15, -0.1) is 0 Å². The molecule has 0 spiro atoms. The maximum absolute atomic E-state index is 12.2. The molecule has 0 bridgehead atoms. The van der Waals surface area contributed by atoms with Gasteiger partial charge in [0.2, 0.25) is 6.41 Å². The molecule has 0 fully saturated rings. The van der Waals surface area contributed by atoms with Crippen LogP contribution in [0.25, 0.3) is 0 Å². The molecule has 1 N–H and O–H groups in total. The molecule has 1 aromatic carbocycles. The minimum absolute atomic E-state index is 0.147. The van der Waals surface area contributed by atoms with Gasteiger partial charge >= 0.3 is 12.3 Å². The predicted octanol–water partition coefficient (Wildman–Crippen LogP) is 2.84. The predicted molar refractivity (Wildman–Crippen MR) is 61.9 cm³/mol. The molecule has 0 heterocycles. The maximum Gasteiger partial charge on any atom is 0.387 e. The largest absolute Gasteiger partial charge is 0.432 e. The van der Waals surface area contributed by atoms with Crippen LogP contribution in [-0.4, -0.2) is 17.9 Å². The third kappa shape index (κ3) is 2.92. The van der Waals surface area contributed by atoms with Gasteiger partial charge in [-0.25, -0.2) is 0 Å². The second kappa shape index (κ2) is 5.71. The molecule has 6 nitrogen and oxygen atoms in total. The van der Waals surface area contributed by atoms with Gasteiger partial charge in [-0.3, -0.25) is 14.9 Å². The van der Waals surface area contributed by atoms with Crippen molar-refractivity contribution < 1.29 is 23.2 Å². The molecule has 0 saturated heterocycles. The van der Waals surface area contributed by atoms with Crippen molar-refractivity contribution in [3.05, 3.63) is 26.2 Å². The highest BCUT2D eigenvalue weighted by Crippen LogP contribution is 2.41. The summed E-state index contributed by atoms with van der Waals surface area (Å²) >= 11 is 2.99. The summed E-state index contributed by atoms with van der Waals surface area (Å²) < 4.78 is 28.7. The van der Waals surface area contributed by atoms with E-state index in [-0.39, 0.29) is 16.4 Å². The van der Waals surface area contributed by atoms with Gasteiger partial charge in [0.25, 0.3) is 0 Å². The lowest BCUT2D eigenvalue weighted by Gasteiger charge is -2.12. The standard InChI is InChI=1S/C9H7BrF2N2O4/c1-4-5(10)2-6(18-9(11)12)7(13-3-15)8(4)14(16)17/h2-3,9H,1H3,(H,13,15). The van der Waals surface area contributed by atoms with E-state index in [2.05, 4.69) is 20.7 Å². The van der Waals surface area contributed by atoms with Crippen LogP contribution >= 0.6 is 15.9 Å². The van der Waals surface area contributed by atoms with Crippen molar-refractivity contribution in [2.75, 3.05) is 5.32 Å². The number of nitro benzene ring substituents is 1. The molecule has 0 aliphatic heterocycles. The van der Waals surface area contributed by atoms with E-state index in [1.807, 2.05) is 5.32 Å². The molecule has 0 unspecified atom stereocenters. The molecule has 0 radical (unpaired) electrons. The van der Waals surface area contributed by atoms with E-state index >= 15 is 0 Å². The lowest BCUT2D eigenvalue weighted by atomic mass is 10.1. The molecule has 98 valence electrons. The molecule has 1 aromatic rings. The molecule has 0 aromatic heterocycles. The first kappa shape index (κ1) is 14.3. The van der Waals surface area contributed by atoms with Crippen molar-refractivity contribution in [1.29, 1.82) is 0 Å². The van der Waals surface area contributed by atoms with Crippen molar-refractivity contribution in [2.45, 2.75) is 13.5 Å². The molecule has 0 atom stereocenters. The zero-order valence-electron chi connectivity index (χ0n) is 8.95. The number of ether oxygens (including phenoxy) is 1. The zero-order valence-corrected chi connectivity index (χ0v) is 10.5. The number of hydrogen-bond acceptors (Lipinski definition) is 4. The fourth-order valence-electron chi connectivity index (χ4n) is 1.33. The molecule has 0 aliphatic rings. The summed E-state index contributed by atoms with van der Waals surface area (Å²) in [7, 11) is 0. The number of nitro groups is 1. The van der Waals surface area contributed by atoms with Crippen LogP contribution in [0.4, 0.5) is 20.2 Å². The molecular weight excluding hydrogens is 318 g/mol. The molecule has 1 amide bonds. The minimum atomic E-state index is -3.16. The summed E-state index contributed by atoms with van der Waals surface area (Å²) in [4.78, 5) is 20.5. The highest BCUT2D eigenvalue weighted by molar-refractivity contribution is 9.10. The number of alkyl halides is 2. The number of amides is 1. The Hall–Kier alpha value is -1.77. The minimum Gasteiger partial charge on any atom is -0.432 e. The summed E-state index contributed by atoms with van der Waals surface area (Å²) in [5.74, 6) is -0.485. The normalized spacial score (nSPS) is 10.3. The summed E-state index contributed by atoms with van der Waals surface area (Å²) in [5, 5.41) is 12.9. The summed E-state index contributed by atoms with van der Waals surface area (Å²) in [6.07, 6.45) is 0.147. The van der Waals surface area contributed by atoms with Gasteiger partial charge in [0.15, 0.2) is 11.4 Å². The molecule has 18 heavy (non-hydrogen) atoms. The van der Waals surface area contributed by atoms with Crippen LogP contribution in [0.3, 0.4) is 0 Å². The van der Waals surface area contributed by atoms with Gasteiger partial charge in [0, 0.05) is 10.0 Å². The second-order valence-electron chi connectivity index (χ2n) is 3.10. The highest BCUT2D eigenvalue weighted by atomic mass is 79.9. The summed E-state index contributed by atoms with van der Waals surface area (Å²) in [5.41, 5.74) is -0.728. The Morgan fingerprint density at radius 2 is 2.22 bits per heavy atom. The molecule has 0 saturated carbocycles. The number of nitrogens with zero attached hydrogens (tertiary/aromatic N) is 1. The first-order chi connectivity index (χ1) is 8.38. The fraction of sp³-hybridized carbons (Fsp3) is 0.222. The lowest BCUT2D eigenvalue weighted by Crippen LogP contribution is -2.09. The quantitative estimate of drug-likeness (QED) is 0.513. The average molecular weight is 325 g/mol. The number of nitrogens with one attached hydrogen (secondary N) is 1. The Labute approximate surface area is 108 Å². The summed E-state index contributed by atoms with van der Waals surface area (Å²) in [6.45, 7) is -1.75. The average Bonchev–Trinajstić information content (AvgIpc) is 2.24. The number of carbonyl (C=O) groups is 1. The first-order valence-corrected chi connectivity index (χ1v) is 5.30. The van der Waals surface area contributed by atoms with E-state index in [9.17, 15) is 23.7 Å². The van der Waals surface area contributed by atoms with Gasteiger partial charge in [0.1, 0.15) is 0 Å². The van der Waals surface area contributed by atoms with Crippen LogP contribution in [0.15, 0.2) is 10.5 Å². The van der Waals surface area contributed by atoms with Crippen LogP contribution in [0.1, 0.15) is 5.56 Å². The van der Waals surface area contributed by atoms with Crippen molar-refractivity contribution >= 4 is 33.7 Å². The third-order valence-corrected chi connectivity index (χ3v) is 2.88. The van der Waals surface area contributed by atoms with Crippen LogP contribution in [0.5, 0.6) is 5.75 Å². The number of rotatable bonds is 5. The number of hydrogen-bond donors (Lipinski definition) is 1. The van der Waals surface area contributed by atoms with Gasteiger partial charge in [-0.05, 0) is 13.0 Å². The molecule has 0 aliphatic carbocycles. The third-order valence-electron chi connectivity index (χ3n) is 2.06. The SMILES string of the molecule is Cc1c(Br)cc(OC(F)F)c(NC=O)c1[N+](=O)[O-]. The first-order valence-electron chi connectivity index (χ1n) is 4.51. The smallest absolute Gasteiger partial charge is 0.387 e. The van der Waals surface area contributed by atoms with Gasteiger partial charge < -0.3 is 10.1 Å². The Morgan fingerprint density at radius 1 is 1.61 bits per heavy atom. The van der Waals surface area contributed by atoms with Gasteiger partial charge in [-0.1, -0.05) is 15.9 Å². The fourth-order valence-corrected chi connectivity index (χ4v) is 1.72. The van der Waals surface area contributed by atoms with Crippen LogP contribution in [-0.2, 0) is 4.79 Å². The molecule has 1 rings (SSSR count).